The molecule has 0 aliphatic heterocycles. The number of fused-ring (bicyclic) bond motifs is 2. The van der Waals surface area contributed by atoms with Gasteiger partial charge in [-0.1, -0.05) is 12.1 Å². The number of anilines is 2. The molecule has 16 nitrogen and oxygen atoms in total. The number of Topliss-reactive ketones (excluding diaryl/α,β-unsaturated/α-hetero) is 1. The van der Waals surface area contributed by atoms with Crippen LogP contribution in [0.4, 0.5) is 11.6 Å². The summed E-state index contributed by atoms with van der Waals surface area (Å²) in [4.78, 5) is 63.9. The van der Waals surface area contributed by atoms with Crippen LogP contribution in [0.15, 0.2) is 61.2 Å². The molecule has 6 aromatic rings. The molecule has 0 radical (unpaired) electrons. The first-order valence-corrected chi connectivity index (χ1v) is 24.1. The van der Waals surface area contributed by atoms with Crippen molar-refractivity contribution in [2.75, 3.05) is 43.5 Å². The Kier molecular flexibility index (Phi) is 15.4. The summed E-state index contributed by atoms with van der Waals surface area (Å²) < 4.78 is 4.76. The van der Waals surface area contributed by atoms with Crippen molar-refractivity contribution in [1.82, 2.24) is 49.0 Å². The number of carboxylic acids is 1. The summed E-state index contributed by atoms with van der Waals surface area (Å²) in [6.07, 6.45) is 24.2. The zero-order valence-electron chi connectivity index (χ0n) is 39.6. The summed E-state index contributed by atoms with van der Waals surface area (Å²) in [6.45, 7) is 5.25. The molecule has 0 bridgehead atoms. The number of hydrogen-bond donors (Lipinski definition) is 2. The second-order valence-corrected chi connectivity index (χ2v) is 18.3. The van der Waals surface area contributed by atoms with E-state index in [1.807, 2.05) is 60.7 Å². The van der Waals surface area contributed by atoms with Gasteiger partial charge in [-0.25, -0.2) is 29.9 Å². The van der Waals surface area contributed by atoms with Crippen molar-refractivity contribution >= 4 is 23.4 Å². The highest BCUT2D eigenvalue weighted by molar-refractivity contribution is 5.83. The highest BCUT2D eigenvalue weighted by atomic mass is 16.4. The number of nitrogens with two attached hydrogens (primary N) is 1. The lowest BCUT2D eigenvalue weighted by molar-refractivity contribution is -0.135. The van der Waals surface area contributed by atoms with Crippen molar-refractivity contribution in [3.63, 3.8) is 0 Å². The number of likely N-dealkylation sites (N-methyl/N-ethyl adjacent to an activating group) is 2. The van der Waals surface area contributed by atoms with E-state index in [9.17, 15) is 9.59 Å². The number of aromatic nitrogens is 10. The van der Waals surface area contributed by atoms with E-state index in [-0.39, 0.29) is 12.3 Å². The number of nitrogens with zero attached hydrogens (tertiary/aromatic N) is 12. The molecular weight excluding hydrogens is 843 g/mol. The molecule has 352 valence electrons. The Bertz CT molecular complexity index is 2620. The summed E-state index contributed by atoms with van der Waals surface area (Å²) in [5.41, 5.74) is 13.9. The average Bonchev–Trinajstić information content (AvgIpc) is 4.12. The van der Waals surface area contributed by atoms with Crippen LogP contribution in [-0.4, -0.2) is 99.6 Å². The van der Waals surface area contributed by atoms with Gasteiger partial charge in [-0.15, -0.1) is 0 Å². The van der Waals surface area contributed by atoms with Crippen LogP contribution in [-0.2, 0) is 48.1 Å². The molecule has 3 N–H and O–H groups in total. The van der Waals surface area contributed by atoms with E-state index < -0.39 is 5.97 Å². The fourth-order valence-corrected chi connectivity index (χ4v) is 9.59. The third-order valence-electron chi connectivity index (χ3n) is 13.3. The van der Waals surface area contributed by atoms with E-state index in [0.717, 1.165) is 92.1 Å². The Balaban J connectivity index is 0.000000152. The van der Waals surface area contributed by atoms with Gasteiger partial charge in [0.25, 0.3) is 0 Å². The molecule has 0 aromatic carbocycles. The van der Waals surface area contributed by atoms with Crippen LogP contribution in [0.25, 0.3) is 23.0 Å². The lowest BCUT2D eigenvalue weighted by Gasteiger charge is -2.29. The summed E-state index contributed by atoms with van der Waals surface area (Å²) in [5, 5.41) is 8.98. The molecule has 4 aliphatic carbocycles. The second kappa shape index (κ2) is 21.9. The Morgan fingerprint density at radius 2 is 1.15 bits per heavy atom. The van der Waals surface area contributed by atoms with Gasteiger partial charge in [0.2, 0.25) is 0 Å². The van der Waals surface area contributed by atoms with Crippen LogP contribution in [0.2, 0.25) is 0 Å². The van der Waals surface area contributed by atoms with Gasteiger partial charge in [-0.05, 0) is 128 Å². The molecule has 16 heteroatoms. The topological polar surface area (TPSA) is 200 Å². The summed E-state index contributed by atoms with van der Waals surface area (Å²) in [5.74, 6) is 4.45. The van der Waals surface area contributed by atoms with E-state index in [4.69, 9.17) is 20.8 Å². The van der Waals surface area contributed by atoms with E-state index >= 15 is 0 Å². The second-order valence-electron chi connectivity index (χ2n) is 18.3. The largest absolute Gasteiger partial charge is 0.480 e. The first-order valence-electron chi connectivity index (χ1n) is 24.1. The van der Waals surface area contributed by atoms with Crippen molar-refractivity contribution in [2.24, 2.45) is 5.73 Å². The van der Waals surface area contributed by atoms with Gasteiger partial charge in [-0.2, -0.15) is 0 Å². The molecule has 2 saturated carbocycles. The maximum Gasteiger partial charge on any atom is 0.323 e. The molecule has 2 fully saturated rings. The van der Waals surface area contributed by atoms with Crippen LogP contribution in [0, 0.1) is 13.8 Å². The molecular formula is C51H65N13O3. The molecule has 0 saturated heterocycles. The van der Waals surface area contributed by atoms with Crippen LogP contribution < -0.4 is 15.5 Å². The summed E-state index contributed by atoms with van der Waals surface area (Å²) >= 11 is 0. The number of carboxylic acid groups (broad SMARTS) is 1. The van der Waals surface area contributed by atoms with Crippen molar-refractivity contribution in [2.45, 2.75) is 129 Å². The van der Waals surface area contributed by atoms with Gasteiger partial charge in [0.15, 0.2) is 17.4 Å². The van der Waals surface area contributed by atoms with Crippen LogP contribution in [0.3, 0.4) is 0 Å². The standard InChI is InChI=1S/C26H32N6O.C15H16N4O2.C10H17N3/c1-18-16-28-24(32(18)19-8-5-9-19)14-6-10-20(33)17-31(2)26-21-11-7-13-22(21)29-25(30-26)23-12-3-4-15-27-23;1-19(9-13(20)21)15-10-5-4-7-11(10)17-14(18-15)12-6-2-3-8-16-12;1-8-7-12-10(5-6-11)13(8)9-3-2-4-9/h3-4,12,15-16,19H,5-11,13-14,17H2,1-2H3;2-3,6,8H,4-5,7,9H2,1H3,(H,20,21);7,9H,2-6,11H2,1H3. The molecule has 6 heterocycles. The fourth-order valence-electron chi connectivity index (χ4n) is 9.59. The third kappa shape index (κ3) is 11.2. The van der Waals surface area contributed by atoms with Crippen LogP contribution >= 0.6 is 0 Å². The lowest BCUT2D eigenvalue weighted by Crippen LogP contribution is -2.28. The third-order valence-corrected chi connectivity index (χ3v) is 13.3. The maximum atomic E-state index is 12.8. The zero-order valence-corrected chi connectivity index (χ0v) is 39.6. The maximum absolute atomic E-state index is 12.8. The van der Waals surface area contributed by atoms with Crippen LogP contribution in [0.1, 0.15) is 122 Å². The van der Waals surface area contributed by atoms with Gasteiger partial charge in [0.1, 0.15) is 41.2 Å². The van der Waals surface area contributed by atoms with E-state index in [0.29, 0.717) is 54.8 Å². The first kappa shape index (κ1) is 47.1. The van der Waals surface area contributed by atoms with Crippen molar-refractivity contribution < 1.29 is 14.7 Å². The molecule has 10 rings (SSSR count). The Hall–Kier alpha value is -6.42. The minimum atomic E-state index is -0.873. The molecule has 4 aliphatic rings. The lowest BCUT2D eigenvalue weighted by atomic mass is 9.92. The van der Waals surface area contributed by atoms with Gasteiger partial charge in [0, 0.05) is 104 Å². The highest BCUT2D eigenvalue weighted by Gasteiger charge is 2.27. The molecule has 0 spiro atoms. The zero-order chi connectivity index (χ0) is 46.9. The average molecular weight is 908 g/mol. The summed E-state index contributed by atoms with van der Waals surface area (Å²) in [7, 11) is 3.71. The van der Waals surface area contributed by atoms with Crippen LogP contribution in [0.5, 0.6) is 0 Å². The summed E-state index contributed by atoms with van der Waals surface area (Å²) in [6, 6.07) is 12.7. The van der Waals surface area contributed by atoms with Gasteiger partial charge in [-0.3, -0.25) is 19.6 Å². The normalized spacial score (nSPS) is 15.0. The van der Waals surface area contributed by atoms with Gasteiger partial charge < -0.3 is 29.8 Å². The molecule has 0 amide bonds. The number of pyridine rings is 2. The fraction of sp³-hybridized carbons (Fsp3) is 0.490. The van der Waals surface area contributed by atoms with Gasteiger partial charge >= 0.3 is 5.97 Å². The predicted octanol–water partition coefficient (Wildman–Crippen LogP) is 7.25. The Morgan fingerprint density at radius 1 is 0.657 bits per heavy atom. The molecule has 67 heavy (non-hydrogen) atoms. The minimum absolute atomic E-state index is 0.0783. The Morgan fingerprint density at radius 3 is 1.58 bits per heavy atom. The molecule has 6 aromatic heterocycles. The number of rotatable bonds is 16. The minimum Gasteiger partial charge on any atom is -0.480 e. The van der Waals surface area contributed by atoms with Crippen molar-refractivity contribution in [3.05, 3.63) is 107 Å². The quantitative estimate of drug-likeness (QED) is 0.0984. The first-order chi connectivity index (χ1) is 32.6. The number of carbonyl (C=O) groups excluding carboxylic acids is 1. The number of carbonyl (C=O) groups is 2. The number of hydrogen-bond acceptors (Lipinski definition) is 13. The van der Waals surface area contributed by atoms with E-state index in [2.05, 4.69) is 52.9 Å². The number of imidazole rings is 2. The molecule has 0 unspecified atom stereocenters. The monoisotopic (exact) mass is 908 g/mol. The van der Waals surface area contributed by atoms with Crippen molar-refractivity contribution in [3.8, 4) is 23.0 Å². The number of ketones is 1. The number of aliphatic carboxylic acids is 1. The highest BCUT2D eigenvalue weighted by Crippen LogP contribution is 2.36. The number of aryl methyl sites for hydroxylation is 5. The van der Waals surface area contributed by atoms with Gasteiger partial charge in [0.05, 0.1) is 6.54 Å². The molecule has 0 atom stereocenters. The SMILES string of the molecule is CN(CC(=O)O)c1nc(-c2ccccn2)nc2c1CCC2.Cc1cnc(CCCC(=O)CN(C)c2nc(-c3ccccn3)nc3c2CCC3)n1C1CCC1.Cc1cnc(CCN)n1C1CCC1. The van der Waals surface area contributed by atoms with Crippen molar-refractivity contribution in [1.29, 1.82) is 0 Å². The van der Waals surface area contributed by atoms with E-state index in [1.54, 1.807) is 24.3 Å². The van der Waals surface area contributed by atoms with E-state index in [1.165, 1.54) is 61.3 Å². The predicted molar refractivity (Wildman–Crippen MR) is 259 cm³/mol. The Labute approximate surface area is 393 Å². The smallest absolute Gasteiger partial charge is 0.323 e.